The van der Waals surface area contributed by atoms with Crippen LogP contribution in [-0.2, 0) is 9.59 Å². The molecule has 0 spiro atoms. The number of aryl methyl sites for hydroxylation is 2. The van der Waals surface area contributed by atoms with Crippen molar-refractivity contribution in [1.82, 2.24) is 19.2 Å². The van der Waals surface area contributed by atoms with Crippen molar-refractivity contribution in [2.45, 2.75) is 19.9 Å². The van der Waals surface area contributed by atoms with Crippen LogP contribution in [0.15, 0.2) is 48.2 Å². The third-order valence-corrected chi connectivity index (χ3v) is 6.06. The maximum absolute atomic E-state index is 13.2. The number of aliphatic hydroxyl groups excluding tert-OH is 1. The van der Waals surface area contributed by atoms with Gasteiger partial charge in [0.15, 0.2) is 5.76 Å². The van der Waals surface area contributed by atoms with Gasteiger partial charge >= 0.3 is 0 Å². The number of fused-ring (bicyclic) bond motifs is 1. The summed E-state index contributed by atoms with van der Waals surface area (Å²) in [6.45, 7) is 4.39. The molecule has 1 aliphatic heterocycles. The number of benzene rings is 1. The Hall–Kier alpha value is -4.05. The van der Waals surface area contributed by atoms with Crippen LogP contribution in [-0.4, -0.2) is 68.1 Å². The van der Waals surface area contributed by atoms with Crippen molar-refractivity contribution in [3.63, 3.8) is 0 Å². The van der Waals surface area contributed by atoms with Crippen molar-refractivity contribution in [2.75, 3.05) is 27.2 Å². The topological polar surface area (TPSA) is 121 Å². The zero-order valence-corrected chi connectivity index (χ0v) is 19.3. The molecule has 3 aromatic rings. The van der Waals surface area contributed by atoms with Gasteiger partial charge in [-0.2, -0.15) is 0 Å². The number of nitro groups is 1. The number of aliphatic hydroxyl groups is 1. The Morgan fingerprint density at radius 2 is 1.85 bits per heavy atom. The minimum Gasteiger partial charge on any atom is -0.505 e. The lowest BCUT2D eigenvalue weighted by molar-refractivity contribution is -0.384. The Kier molecular flexibility index (Phi) is 5.92. The molecule has 3 heterocycles. The number of aromatic nitrogens is 2. The Balaban J connectivity index is 1.91. The van der Waals surface area contributed by atoms with E-state index in [4.69, 9.17) is 0 Å². The molecule has 0 saturated carbocycles. The Bertz CT molecular complexity index is 1340. The van der Waals surface area contributed by atoms with E-state index in [2.05, 4.69) is 4.98 Å². The lowest BCUT2D eigenvalue weighted by Crippen LogP contribution is -2.35. The quantitative estimate of drug-likeness (QED) is 0.196. The number of amides is 1. The molecule has 1 atom stereocenters. The zero-order valence-electron chi connectivity index (χ0n) is 19.3. The average molecular weight is 463 g/mol. The van der Waals surface area contributed by atoms with E-state index in [1.165, 1.54) is 29.2 Å². The van der Waals surface area contributed by atoms with Crippen LogP contribution in [0.4, 0.5) is 5.69 Å². The maximum Gasteiger partial charge on any atom is 0.295 e. The van der Waals surface area contributed by atoms with Crippen molar-refractivity contribution in [3.8, 4) is 0 Å². The molecule has 1 amide bonds. The largest absolute Gasteiger partial charge is 0.505 e. The van der Waals surface area contributed by atoms with Crippen LogP contribution < -0.4 is 0 Å². The number of Topliss-reactive ketones (excluding diaryl/α,β-unsaturated/α-hetero) is 1. The van der Waals surface area contributed by atoms with Crippen molar-refractivity contribution in [3.05, 3.63) is 80.8 Å². The van der Waals surface area contributed by atoms with Crippen LogP contribution in [0.1, 0.15) is 28.6 Å². The Morgan fingerprint density at radius 3 is 2.44 bits per heavy atom. The van der Waals surface area contributed by atoms with E-state index in [1.54, 1.807) is 6.92 Å². The fourth-order valence-corrected chi connectivity index (χ4v) is 4.22. The SMILES string of the molecule is Cc1cccn2c(C)c(C(O)=C3C(=O)C(=O)N(CCN(C)C)C3c3ccc([N+](=O)[O-])cc3)nc12. The van der Waals surface area contributed by atoms with Crippen LogP contribution in [0.2, 0.25) is 0 Å². The van der Waals surface area contributed by atoms with Gasteiger partial charge in [0, 0.05) is 31.4 Å². The number of nitrogens with zero attached hydrogens (tertiary/aromatic N) is 5. The number of carbonyl (C=O) groups excluding carboxylic acids is 2. The lowest BCUT2D eigenvalue weighted by Gasteiger charge is -2.26. The van der Waals surface area contributed by atoms with Gasteiger partial charge < -0.3 is 19.3 Å². The zero-order chi connectivity index (χ0) is 24.7. The van der Waals surface area contributed by atoms with Gasteiger partial charge in [-0.25, -0.2) is 4.98 Å². The van der Waals surface area contributed by atoms with E-state index < -0.39 is 22.7 Å². The Labute approximate surface area is 195 Å². The van der Waals surface area contributed by atoms with Gasteiger partial charge in [0.25, 0.3) is 17.4 Å². The van der Waals surface area contributed by atoms with Crippen molar-refractivity contribution in [1.29, 1.82) is 0 Å². The molecule has 1 N–H and O–H groups in total. The summed E-state index contributed by atoms with van der Waals surface area (Å²) < 4.78 is 1.81. The predicted octanol–water partition coefficient (Wildman–Crippen LogP) is 2.84. The predicted molar refractivity (Wildman–Crippen MR) is 125 cm³/mol. The molecule has 0 radical (unpaired) electrons. The van der Waals surface area contributed by atoms with Crippen LogP contribution in [0.25, 0.3) is 11.4 Å². The van der Waals surface area contributed by atoms with Crippen LogP contribution in [0.3, 0.4) is 0 Å². The molecule has 1 aromatic carbocycles. The molecule has 10 heteroatoms. The second kappa shape index (κ2) is 8.71. The van der Waals surface area contributed by atoms with Crippen molar-refractivity contribution >= 4 is 28.8 Å². The van der Waals surface area contributed by atoms with E-state index >= 15 is 0 Å². The highest BCUT2D eigenvalue weighted by atomic mass is 16.6. The Morgan fingerprint density at radius 1 is 1.18 bits per heavy atom. The first kappa shape index (κ1) is 23.1. The molecule has 1 saturated heterocycles. The summed E-state index contributed by atoms with van der Waals surface area (Å²) >= 11 is 0. The third-order valence-electron chi connectivity index (χ3n) is 6.06. The smallest absolute Gasteiger partial charge is 0.295 e. The molecular weight excluding hydrogens is 438 g/mol. The summed E-state index contributed by atoms with van der Waals surface area (Å²) in [5.74, 6) is -1.91. The van der Waals surface area contributed by atoms with Crippen LogP contribution in [0, 0.1) is 24.0 Å². The number of likely N-dealkylation sites (N-methyl/N-ethyl adjacent to an activating group) is 1. The first-order valence-corrected chi connectivity index (χ1v) is 10.7. The van der Waals surface area contributed by atoms with Gasteiger partial charge in [0.1, 0.15) is 11.3 Å². The number of likely N-dealkylation sites (tertiary alicyclic amines) is 1. The normalized spacial score (nSPS) is 17.8. The lowest BCUT2D eigenvalue weighted by atomic mass is 9.96. The molecule has 2 aromatic heterocycles. The minimum absolute atomic E-state index is 0.0817. The fourth-order valence-electron chi connectivity index (χ4n) is 4.22. The maximum atomic E-state index is 13.2. The molecule has 176 valence electrons. The molecule has 0 aliphatic carbocycles. The number of ketones is 1. The monoisotopic (exact) mass is 463 g/mol. The highest BCUT2D eigenvalue weighted by Crippen LogP contribution is 2.40. The summed E-state index contributed by atoms with van der Waals surface area (Å²) in [6, 6.07) is 8.50. The summed E-state index contributed by atoms with van der Waals surface area (Å²) in [7, 11) is 3.69. The van der Waals surface area contributed by atoms with E-state index in [0.29, 0.717) is 23.4 Å². The standard InChI is InChI=1S/C24H25N5O5/c1-14-6-5-11-27-15(2)19(25-23(14)27)21(30)18-20(16-7-9-17(10-8-16)29(33)34)28(13-12-26(3)4)24(32)22(18)31/h5-11,20,30H,12-13H2,1-4H3. The van der Waals surface area contributed by atoms with Crippen molar-refractivity contribution < 1.29 is 19.6 Å². The van der Waals surface area contributed by atoms with Gasteiger partial charge in [-0.3, -0.25) is 19.7 Å². The molecule has 1 unspecified atom stereocenters. The third kappa shape index (κ3) is 3.81. The highest BCUT2D eigenvalue weighted by molar-refractivity contribution is 6.46. The molecule has 34 heavy (non-hydrogen) atoms. The average Bonchev–Trinajstić information content (AvgIpc) is 3.27. The number of pyridine rings is 1. The second-order valence-corrected chi connectivity index (χ2v) is 8.58. The first-order valence-electron chi connectivity index (χ1n) is 10.7. The summed E-state index contributed by atoms with van der Waals surface area (Å²) in [5.41, 5.74) is 2.66. The van der Waals surface area contributed by atoms with E-state index in [-0.39, 0.29) is 29.3 Å². The molecule has 0 bridgehead atoms. The minimum atomic E-state index is -0.897. The highest BCUT2D eigenvalue weighted by Gasteiger charge is 2.46. The molecule has 4 rings (SSSR count). The first-order chi connectivity index (χ1) is 16.1. The number of hydrogen-bond acceptors (Lipinski definition) is 7. The van der Waals surface area contributed by atoms with Crippen molar-refractivity contribution in [2.24, 2.45) is 0 Å². The van der Waals surface area contributed by atoms with Gasteiger partial charge in [-0.1, -0.05) is 6.07 Å². The summed E-state index contributed by atoms with van der Waals surface area (Å²) in [4.78, 5) is 44.6. The van der Waals surface area contributed by atoms with Gasteiger partial charge in [-0.15, -0.1) is 0 Å². The number of hydrogen-bond donors (Lipinski definition) is 1. The van der Waals surface area contributed by atoms with E-state index in [0.717, 1.165) is 5.56 Å². The van der Waals surface area contributed by atoms with E-state index in [1.807, 2.05) is 48.6 Å². The molecule has 10 nitrogen and oxygen atoms in total. The summed E-state index contributed by atoms with van der Waals surface area (Å²) in [5, 5.41) is 22.4. The number of rotatable bonds is 6. The molecule has 1 fully saturated rings. The number of carbonyl (C=O) groups is 2. The van der Waals surface area contributed by atoms with Crippen LogP contribution in [0.5, 0.6) is 0 Å². The van der Waals surface area contributed by atoms with Gasteiger partial charge in [0.05, 0.1) is 22.2 Å². The van der Waals surface area contributed by atoms with E-state index in [9.17, 15) is 24.8 Å². The fraction of sp³-hybridized carbons (Fsp3) is 0.292. The summed E-state index contributed by atoms with van der Waals surface area (Å²) in [6.07, 6.45) is 1.81. The van der Waals surface area contributed by atoms with Gasteiger partial charge in [-0.05, 0) is 57.3 Å². The number of imidazole rings is 1. The number of non-ortho nitro benzene ring substituents is 1. The number of nitro benzene ring substituents is 1. The van der Waals surface area contributed by atoms with Crippen LogP contribution >= 0.6 is 0 Å². The molecule has 1 aliphatic rings. The van der Waals surface area contributed by atoms with Gasteiger partial charge in [0.2, 0.25) is 0 Å². The molecular formula is C24H25N5O5. The second-order valence-electron chi connectivity index (χ2n) is 8.58.